The highest BCUT2D eigenvalue weighted by Crippen LogP contribution is 2.15. The molecule has 0 atom stereocenters. The van der Waals surface area contributed by atoms with Gasteiger partial charge in [0.05, 0.1) is 24.4 Å². The molecule has 1 aromatic heterocycles. The molecule has 1 fully saturated rings. The Balaban J connectivity index is 1.51. The molecule has 0 spiro atoms. The largest absolute Gasteiger partial charge is 0.381 e. The number of nitrogens with zero attached hydrogens (tertiary/aromatic N) is 3. The van der Waals surface area contributed by atoms with Crippen molar-refractivity contribution in [2.24, 2.45) is 0 Å². The molecule has 0 aliphatic carbocycles. The molecule has 1 aromatic carbocycles. The molecule has 146 valence electrons. The van der Waals surface area contributed by atoms with E-state index in [0.29, 0.717) is 18.8 Å². The molecule has 0 unspecified atom stereocenters. The first-order valence-electron chi connectivity index (χ1n) is 9.40. The topological polar surface area (TPSA) is 78.3 Å². The molecular weight excluding hydrogens is 344 g/mol. The molecule has 1 aliphatic rings. The van der Waals surface area contributed by atoms with Gasteiger partial charge in [0.2, 0.25) is 0 Å². The third-order valence-electron chi connectivity index (χ3n) is 4.51. The highest BCUT2D eigenvalue weighted by atomic mass is 16.5. The van der Waals surface area contributed by atoms with Gasteiger partial charge in [0.15, 0.2) is 5.69 Å². The van der Waals surface area contributed by atoms with E-state index >= 15 is 0 Å². The van der Waals surface area contributed by atoms with Crippen molar-refractivity contribution in [1.82, 2.24) is 20.3 Å². The Morgan fingerprint density at radius 1 is 1.30 bits per heavy atom. The molecule has 0 radical (unpaired) electrons. The SMILES string of the molecule is CC(C)(C)n1cc(C(=O)NCc2cccc(COC3CCOCC3)c2)nn1. The monoisotopic (exact) mass is 372 g/mol. The zero-order chi connectivity index (χ0) is 19.3. The zero-order valence-corrected chi connectivity index (χ0v) is 16.3. The quantitative estimate of drug-likeness (QED) is 0.843. The number of hydrogen-bond acceptors (Lipinski definition) is 5. The van der Waals surface area contributed by atoms with Gasteiger partial charge in [-0.15, -0.1) is 5.10 Å². The fourth-order valence-corrected chi connectivity index (χ4v) is 2.85. The molecule has 2 aromatic rings. The number of hydrogen-bond donors (Lipinski definition) is 1. The van der Waals surface area contributed by atoms with Crippen molar-refractivity contribution < 1.29 is 14.3 Å². The maximum Gasteiger partial charge on any atom is 0.273 e. The Kier molecular flexibility index (Phi) is 6.23. The second-order valence-corrected chi connectivity index (χ2v) is 7.84. The number of aromatic nitrogens is 3. The molecule has 1 saturated heterocycles. The summed E-state index contributed by atoms with van der Waals surface area (Å²) in [5, 5.41) is 10.9. The summed E-state index contributed by atoms with van der Waals surface area (Å²) < 4.78 is 13.0. The number of carbonyl (C=O) groups is 1. The first-order chi connectivity index (χ1) is 12.9. The average molecular weight is 372 g/mol. The lowest BCUT2D eigenvalue weighted by atomic mass is 10.1. The van der Waals surface area contributed by atoms with Crippen LogP contribution in [-0.4, -0.2) is 40.2 Å². The van der Waals surface area contributed by atoms with Crippen LogP contribution in [0.15, 0.2) is 30.5 Å². The summed E-state index contributed by atoms with van der Waals surface area (Å²) in [4.78, 5) is 12.3. The van der Waals surface area contributed by atoms with Gasteiger partial charge in [-0.2, -0.15) is 0 Å². The number of nitrogens with one attached hydrogen (secondary N) is 1. The second-order valence-electron chi connectivity index (χ2n) is 7.84. The van der Waals surface area contributed by atoms with Gasteiger partial charge in [-0.05, 0) is 44.7 Å². The third kappa shape index (κ3) is 5.61. The van der Waals surface area contributed by atoms with Crippen LogP contribution in [0.4, 0.5) is 0 Å². The first-order valence-corrected chi connectivity index (χ1v) is 9.40. The molecular formula is C20H28N4O3. The maximum atomic E-state index is 12.3. The van der Waals surface area contributed by atoms with Crippen LogP contribution < -0.4 is 5.32 Å². The van der Waals surface area contributed by atoms with Gasteiger partial charge in [-0.1, -0.05) is 29.5 Å². The molecule has 1 aliphatic heterocycles. The lowest BCUT2D eigenvalue weighted by Gasteiger charge is -2.22. The Hall–Kier alpha value is -2.25. The Morgan fingerprint density at radius 2 is 2.04 bits per heavy atom. The second kappa shape index (κ2) is 8.63. The summed E-state index contributed by atoms with van der Waals surface area (Å²) in [7, 11) is 0. The first kappa shape index (κ1) is 19.5. The third-order valence-corrected chi connectivity index (χ3v) is 4.51. The van der Waals surface area contributed by atoms with Gasteiger partial charge in [-0.25, -0.2) is 4.68 Å². The van der Waals surface area contributed by atoms with Crippen LogP contribution in [0.3, 0.4) is 0 Å². The summed E-state index contributed by atoms with van der Waals surface area (Å²) in [5.74, 6) is -0.227. The van der Waals surface area contributed by atoms with Crippen molar-refractivity contribution in [2.75, 3.05) is 13.2 Å². The minimum atomic E-state index is -0.227. The van der Waals surface area contributed by atoms with Gasteiger partial charge in [0, 0.05) is 19.8 Å². The van der Waals surface area contributed by atoms with E-state index in [2.05, 4.69) is 21.7 Å². The number of amides is 1. The van der Waals surface area contributed by atoms with Crippen molar-refractivity contribution in [3.05, 3.63) is 47.3 Å². The number of ether oxygens (including phenoxy) is 2. The van der Waals surface area contributed by atoms with Crippen LogP contribution in [-0.2, 0) is 28.2 Å². The minimum absolute atomic E-state index is 0.204. The van der Waals surface area contributed by atoms with E-state index in [9.17, 15) is 4.79 Å². The molecule has 7 heteroatoms. The van der Waals surface area contributed by atoms with Crippen molar-refractivity contribution in [1.29, 1.82) is 0 Å². The van der Waals surface area contributed by atoms with Gasteiger partial charge in [0.1, 0.15) is 0 Å². The zero-order valence-electron chi connectivity index (χ0n) is 16.3. The lowest BCUT2D eigenvalue weighted by molar-refractivity contribution is -0.0390. The standard InChI is InChI=1S/C20H28N4O3/c1-20(2,3)24-13-18(22-23-24)19(25)21-12-15-5-4-6-16(11-15)14-27-17-7-9-26-10-8-17/h4-6,11,13,17H,7-10,12,14H2,1-3H3,(H,21,25). The van der Waals surface area contributed by atoms with Crippen LogP contribution >= 0.6 is 0 Å². The fourth-order valence-electron chi connectivity index (χ4n) is 2.85. The van der Waals surface area contributed by atoms with Crippen LogP contribution in [0.1, 0.15) is 55.2 Å². The van der Waals surface area contributed by atoms with Crippen LogP contribution in [0.25, 0.3) is 0 Å². The Labute approximate surface area is 160 Å². The normalized spacial score (nSPS) is 15.7. The molecule has 3 rings (SSSR count). The Morgan fingerprint density at radius 3 is 2.74 bits per heavy atom. The van der Waals surface area contributed by atoms with Crippen LogP contribution in [0.2, 0.25) is 0 Å². The van der Waals surface area contributed by atoms with Gasteiger partial charge < -0.3 is 14.8 Å². The van der Waals surface area contributed by atoms with Crippen molar-refractivity contribution in [2.45, 2.75) is 58.4 Å². The summed E-state index contributed by atoms with van der Waals surface area (Å²) in [6.45, 7) is 8.59. The van der Waals surface area contributed by atoms with Crippen molar-refractivity contribution >= 4 is 5.91 Å². The van der Waals surface area contributed by atoms with E-state index in [1.54, 1.807) is 10.9 Å². The van der Waals surface area contributed by atoms with E-state index < -0.39 is 0 Å². The summed E-state index contributed by atoms with van der Waals surface area (Å²) in [5.41, 5.74) is 2.25. The molecule has 1 N–H and O–H groups in total. The molecule has 7 nitrogen and oxygen atoms in total. The summed E-state index contributed by atoms with van der Waals surface area (Å²) in [6.07, 6.45) is 3.84. The summed E-state index contributed by atoms with van der Waals surface area (Å²) in [6, 6.07) is 8.08. The van der Waals surface area contributed by atoms with Crippen LogP contribution in [0, 0.1) is 0 Å². The predicted octanol–water partition coefficient (Wildman–Crippen LogP) is 2.66. The van der Waals surface area contributed by atoms with Crippen molar-refractivity contribution in [3.8, 4) is 0 Å². The molecule has 0 bridgehead atoms. The van der Waals surface area contributed by atoms with E-state index in [0.717, 1.165) is 37.2 Å². The van der Waals surface area contributed by atoms with E-state index in [1.165, 1.54) is 0 Å². The van der Waals surface area contributed by atoms with Crippen molar-refractivity contribution in [3.63, 3.8) is 0 Å². The number of rotatable bonds is 6. The molecule has 1 amide bonds. The predicted molar refractivity (Wildman–Crippen MR) is 101 cm³/mol. The minimum Gasteiger partial charge on any atom is -0.381 e. The van der Waals surface area contributed by atoms with E-state index in [4.69, 9.17) is 9.47 Å². The number of carbonyl (C=O) groups excluding carboxylic acids is 1. The maximum absolute atomic E-state index is 12.3. The van der Waals surface area contributed by atoms with Gasteiger partial charge >= 0.3 is 0 Å². The highest BCUT2D eigenvalue weighted by molar-refractivity contribution is 5.91. The highest BCUT2D eigenvalue weighted by Gasteiger charge is 2.18. The van der Waals surface area contributed by atoms with E-state index in [-0.39, 0.29) is 17.6 Å². The summed E-state index contributed by atoms with van der Waals surface area (Å²) >= 11 is 0. The molecule has 0 saturated carbocycles. The lowest BCUT2D eigenvalue weighted by Crippen LogP contribution is -2.24. The molecule has 2 heterocycles. The smallest absolute Gasteiger partial charge is 0.273 e. The fraction of sp³-hybridized carbons (Fsp3) is 0.550. The van der Waals surface area contributed by atoms with Crippen LogP contribution in [0.5, 0.6) is 0 Å². The molecule has 27 heavy (non-hydrogen) atoms. The average Bonchev–Trinajstić information content (AvgIpc) is 3.16. The van der Waals surface area contributed by atoms with E-state index in [1.807, 2.05) is 39.0 Å². The van der Waals surface area contributed by atoms with Gasteiger partial charge in [-0.3, -0.25) is 4.79 Å². The number of benzene rings is 1. The Bertz CT molecular complexity index is 761. The van der Waals surface area contributed by atoms with Gasteiger partial charge in [0.25, 0.3) is 5.91 Å².